The van der Waals surface area contributed by atoms with E-state index in [1.807, 2.05) is 6.92 Å². The minimum Gasteiger partial charge on any atom is -0.281 e. The van der Waals surface area contributed by atoms with Gasteiger partial charge in [-0.25, -0.2) is 4.39 Å². The molecular weight excluding hydrogens is 277 g/mol. The quantitative estimate of drug-likeness (QED) is 0.552. The average molecular weight is 294 g/mol. The Morgan fingerprint density at radius 2 is 1.89 bits per heavy atom. The third-order valence-electron chi connectivity index (χ3n) is 3.60. The van der Waals surface area contributed by atoms with Crippen molar-refractivity contribution in [2.75, 3.05) is 0 Å². The zero-order valence-corrected chi connectivity index (χ0v) is 11.4. The van der Waals surface area contributed by atoms with Crippen LogP contribution in [0, 0.1) is 23.6 Å². The normalized spacial score (nSPS) is 23.9. The summed E-state index contributed by atoms with van der Waals surface area (Å²) < 4.78 is 26.7. The molecule has 1 aliphatic rings. The van der Waals surface area contributed by atoms with Crippen molar-refractivity contribution >= 4 is 0 Å². The van der Waals surface area contributed by atoms with Crippen molar-refractivity contribution in [1.29, 1.82) is 0 Å². The van der Waals surface area contributed by atoms with Gasteiger partial charge in [-0.15, -0.1) is 11.6 Å². The van der Waals surface area contributed by atoms with Crippen LogP contribution in [0.25, 0.3) is 0 Å². The maximum atomic E-state index is 13.6. The number of hydrogen-bond donors (Lipinski definition) is 0. The summed E-state index contributed by atoms with van der Waals surface area (Å²) in [6, 6.07) is 5.40. The smallest absolute Gasteiger partial charge is 0.0469 e. The molecule has 1 aliphatic carbocycles. The van der Waals surface area contributed by atoms with Gasteiger partial charge < -0.3 is 0 Å². The first kappa shape index (κ1) is 15.4. The van der Waals surface area contributed by atoms with E-state index in [1.54, 1.807) is 6.07 Å². The van der Waals surface area contributed by atoms with Gasteiger partial charge in [-0.1, -0.05) is 12.2 Å². The van der Waals surface area contributed by atoms with E-state index >= 15 is 0 Å². The zero-order chi connectivity index (χ0) is 12.3. The minimum atomic E-state index is -0.849. The van der Waals surface area contributed by atoms with Gasteiger partial charge in [0, 0.05) is 28.4 Å². The van der Waals surface area contributed by atoms with E-state index in [0.29, 0.717) is 11.5 Å². The number of rotatable bonds is 2. The Hall–Kier alpha value is -0.674. The van der Waals surface area contributed by atoms with E-state index in [-0.39, 0.29) is 22.7 Å². The summed E-state index contributed by atoms with van der Waals surface area (Å²) in [6.45, 7) is 2.02. The summed E-state index contributed by atoms with van der Waals surface area (Å²) in [5, 5.41) is 0. The molecule has 0 unspecified atom stereocenters. The number of halogens is 2. The molecule has 0 saturated heterocycles. The molecule has 0 heterocycles. The van der Waals surface area contributed by atoms with E-state index in [4.69, 9.17) is 0 Å². The third kappa shape index (κ3) is 3.42. The fraction of sp³-hybridized carbons (Fsp3) is 0.467. The Balaban J connectivity index is 0.00000162. The van der Waals surface area contributed by atoms with Crippen LogP contribution >= 0.6 is 0 Å². The Morgan fingerprint density at radius 1 is 1.22 bits per heavy atom. The zero-order valence-electron chi connectivity index (χ0n) is 10.4. The SMILES string of the molecule is C/C=C/C1CCC(c2cc[c-]c(F)c2F)CC1.[Co]. The molecule has 0 spiro atoms. The number of benzene rings is 1. The Morgan fingerprint density at radius 3 is 2.50 bits per heavy atom. The van der Waals surface area contributed by atoms with Gasteiger partial charge in [0.1, 0.15) is 0 Å². The maximum Gasteiger partial charge on any atom is 0.0469 e. The first-order valence-corrected chi connectivity index (χ1v) is 6.20. The molecule has 0 aromatic heterocycles. The summed E-state index contributed by atoms with van der Waals surface area (Å²) in [7, 11) is 0. The Bertz CT molecular complexity index is 407. The molecule has 0 amide bonds. The molecule has 0 nitrogen and oxygen atoms in total. The fourth-order valence-electron chi connectivity index (χ4n) is 2.68. The molecule has 1 saturated carbocycles. The van der Waals surface area contributed by atoms with E-state index in [9.17, 15) is 8.78 Å². The van der Waals surface area contributed by atoms with Gasteiger partial charge in [-0.2, -0.15) is 12.1 Å². The summed E-state index contributed by atoms with van der Waals surface area (Å²) in [6.07, 6.45) is 8.29. The van der Waals surface area contributed by atoms with Gasteiger partial charge in [0.25, 0.3) is 0 Å². The second kappa shape index (κ2) is 7.05. The predicted molar refractivity (Wildman–Crippen MR) is 64.7 cm³/mol. The van der Waals surface area contributed by atoms with Crippen molar-refractivity contribution < 1.29 is 25.6 Å². The van der Waals surface area contributed by atoms with Gasteiger partial charge in [-0.05, 0) is 44.4 Å². The largest absolute Gasteiger partial charge is 0.281 e. The second-order valence-electron chi connectivity index (χ2n) is 4.70. The molecule has 0 atom stereocenters. The van der Waals surface area contributed by atoms with Gasteiger partial charge in [0.2, 0.25) is 0 Å². The Labute approximate surface area is 118 Å². The molecule has 1 aromatic rings. The molecule has 101 valence electrons. The third-order valence-corrected chi connectivity index (χ3v) is 3.60. The van der Waals surface area contributed by atoms with E-state index in [1.165, 1.54) is 6.07 Å². The van der Waals surface area contributed by atoms with Crippen LogP contribution in [0.4, 0.5) is 8.78 Å². The first-order valence-electron chi connectivity index (χ1n) is 6.20. The van der Waals surface area contributed by atoms with Crippen LogP contribution in [0.1, 0.15) is 44.1 Å². The summed E-state index contributed by atoms with van der Waals surface area (Å²) in [4.78, 5) is 0. The first-order chi connectivity index (χ1) is 8.22. The van der Waals surface area contributed by atoms with Crippen LogP contribution in [0.15, 0.2) is 24.3 Å². The average Bonchev–Trinajstić information content (AvgIpc) is 2.34. The standard InChI is InChI=1S/C15H17F2.Co/c1-2-4-11-7-9-12(10-8-11)13-5-3-6-14(16)15(13)17;/h2-5,11-12H,7-10H2,1H3;/q-1;/b4-2+;. The monoisotopic (exact) mass is 294 g/mol. The molecule has 1 radical (unpaired) electrons. The fourth-order valence-corrected chi connectivity index (χ4v) is 2.68. The van der Waals surface area contributed by atoms with Crippen molar-refractivity contribution in [2.24, 2.45) is 5.92 Å². The molecule has 3 heteroatoms. The molecule has 1 fully saturated rings. The van der Waals surface area contributed by atoms with Gasteiger partial charge in [0.05, 0.1) is 0 Å². The molecule has 0 aliphatic heterocycles. The van der Waals surface area contributed by atoms with Crippen molar-refractivity contribution in [3.8, 4) is 0 Å². The van der Waals surface area contributed by atoms with E-state index < -0.39 is 11.6 Å². The van der Waals surface area contributed by atoms with E-state index in [2.05, 4.69) is 18.2 Å². The van der Waals surface area contributed by atoms with Crippen molar-refractivity contribution in [3.63, 3.8) is 0 Å². The molecule has 1 aromatic carbocycles. The summed E-state index contributed by atoms with van der Waals surface area (Å²) >= 11 is 0. The molecule has 0 N–H and O–H groups in total. The summed E-state index contributed by atoms with van der Waals surface area (Å²) in [5.41, 5.74) is 0.528. The van der Waals surface area contributed by atoms with Crippen LogP contribution in [0.5, 0.6) is 0 Å². The Kier molecular flexibility index (Phi) is 6.02. The van der Waals surface area contributed by atoms with Gasteiger partial charge in [-0.3, -0.25) is 4.39 Å². The van der Waals surface area contributed by atoms with Crippen LogP contribution in [-0.2, 0) is 16.8 Å². The molecule has 18 heavy (non-hydrogen) atoms. The van der Waals surface area contributed by atoms with Gasteiger partial charge in [0.15, 0.2) is 0 Å². The van der Waals surface area contributed by atoms with E-state index in [0.717, 1.165) is 25.7 Å². The van der Waals surface area contributed by atoms with Gasteiger partial charge >= 0.3 is 0 Å². The van der Waals surface area contributed by atoms with Crippen LogP contribution < -0.4 is 0 Å². The molecular formula is C15H17CoF2-. The molecule has 0 bridgehead atoms. The topological polar surface area (TPSA) is 0 Å². The minimum absolute atomic E-state index is 0. The second-order valence-corrected chi connectivity index (χ2v) is 4.70. The van der Waals surface area contributed by atoms with Crippen LogP contribution in [0.2, 0.25) is 0 Å². The summed E-state index contributed by atoms with van der Waals surface area (Å²) in [5.74, 6) is -0.778. The number of allylic oxidation sites excluding steroid dienone is 2. The maximum absolute atomic E-state index is 13.6. The van der Waals surface area contributed by atoms with Crippen molar-refractivity contribution in [3.05, 3.63) is 47.5 Å². The van der Waals surface area contributed by atoms with Crippen LogP contribution in [0.3, 0.4) is 0 Å². The molecule has 2 rings (SSSR count). The van der Waals surface area contributed by atoms with Crippen molar-refractivity contribution in [2.45, 2.75) is 38.5 Å². The van der Waals surface area contributed by atoms with Crippen LogP contribution in [-0.4, -0.2) is 0 Å². The van der Waals surface area contributed by atoms with Crippen molar-refractivity contribution in [1.82, 2.24) is 0 Å². The number of hydrogen-bond acceptors (Lipinski definition) is 0. The predicted octanol–water partition coefficient (Wildman–Crippen LogP) is 4.61.